The van der Waals surface area contributed by atoms with Gasteiger partial charge in [0.1, 0.15) is 5.82 Å². The second-order valence-electron chi connectivity index (χ2n) is 8.54. The number of aromatic amines is 1. The van der Waals surface area contributed by atoms with E-state index < -0.39 is 0 Å². The van der Waals surface area contributed by atoms with Gasteiger partial charge in [-0.15, -0.1) is 0 Å². The number of benzene rings is 1. The first-order chi connectivity index (χ1) is 14.7. The molecule has 0 unspecified atom stereocenters. The molecule has 30 heavy (non-hydrogen) atoms. The lowest BCUT2D eigenvalue weighted by molar-refractivity contribution is 0.0951. The molecule has 1 amide bonds. The van der Waals surface area contributed by atoms with Crippen molar-refractivity contribution in [1.29, 1.82) is 0 Å². The number of piperazine rings is 1. The molecule has 1 aromatic carbocycles. The van der Waals surface area contributed by atoms with Gasteiger partial charge in [0.2, 0.25) is 0 Å². The van der Waals surface area contributed by atoms with Gasteiger partial charge in [-0.25, -0.2) is 4.98 Å². The van der Waals surface area contributed by atoms with E-state index in [2.05, 4.69) is 38.2 Å². The number of carbonyl (C=O) groups excluding carboxylic acids is 1. The lowest BCUT2D eigenvalue weighted by Crippen LogP contribution is -2.44. The van der Waals surface area contributed by atoms with Crippen LogP contribution in [0.1, 0.15) is 40.0 Å². The lowest BCUT2D eigenvalue weighted by Gasteiger charge is -2.33. The van der Waals surface area contributed by atoms with E-state index in [0.717, 1.165) is 61.5 Å². The Bertz CT molecular complexity index is 1060. The third kappa shape index (κ3) is 3.79. The fourth-order valence-corrected chi connectivity index (χ4v) is 4.61. The molecule has 1 saturated heterocycles. The number of H-pyrrole nitrogens is 1. The summed E-state index contributed by atoms with van der Waals surface area (Å²) in [5.74, 6) is 0.968. The van der Waals surface area contributed by atoms with Crippen molar-refractivity contribution in [3.63, 3.8) is 0 Å². The number of pyridine rings is 1. The van der Waals surface area contributed by atoms with E-state index in [0.29, 0.717) is 6.54 Å². The van der Waals surface area contributed by atoms with Crippen molar-refractivity contribution in [3.05, 3.63) is 58.9 Å². The number of hydrogen-bond acceptors (Lipinski definition) is 4. The summed E-state index contributed by atoms with van der Waals surface area (Å²) >= 11 is 0. The van der Waals surface area contributed by atoms with E-state index in [1.165, 1.54) is 29.5 Å². The first-order valence-corrected chi connectivity index (χ1v) is 11.0. The summed E-state index contributed by atoms with van der Waals surface area (Å²) in [6, 6.07) is 10.1. The van der Waals surface area contributed by atoms with Crippen molar-refractivity contribution in [3.8, 4) is 0 Å². The maximum Gasteiger partial charge on any atom is 0.251 e. The second kappa shape index (κ2) is 8.11. The van der Waals surface area contributed by atoms with Crippen LogP contribution in [0.25, 0.3) is 10.9 Å². The van der Waals surface area contributed by atoms with Crippen LogP contribution in [0.15, 0.2) is 36.5 Å². The number of nitrogens with one attached hydrogen (secondary N) is 2. The molecule has 6 heteroatoms. The molecule has 1 aliphatic carbocycles. The second-order valence-corrected chi connectivity index (χ2v) is 8.54. The van der Waals surface area contributed by atoms with Gasteiger partial charge < -0.3 is 20.1 Å². The fraction of sp³-hybridized carbons (Fsp3) is 0.417. The minimum Gasteiger partial charge on any atom is -0.358 e. The van der Waals surface area contributed by atoms with Gasteiger partial charge in [-0.1, -0.05) is 0 Å². The van der Waals surface area contributed by atoms with Gasteiger partial charge >= 0.3 is 0 Å². The fourth-order valence-electron chi connectivity index (χ4n) is 4.61. The van der Waals surface area contributed by atoms with Crippen LogP contribution in [0.4, 0.5) is 5.82 Å². The third-order valence-corrected chi connectivity index (χ3v) is 6.45. The van der Waals surface area contributed by atoms with Gasteiger partial charge in [-0.2, -0.15) is 0 Å². The summed E-state index contributed by atoms with van der Waals surface area (Å²) in [6.45, 7) is 4.58. The number of nitrogens with zero attached hydrogens (tertiary/aromatic N) is 3. The van der Waals surface area contributed by atoms with Gasteiger partial charge in [0, 0.05) is 61.1 Å². The lowest BCUT2D eigenvalue weighted by atomic mass is 9.95. The average Bonchev–Trinajstić information content (AvgIpc) is 3.16. The summed E-state index contributed by atoms with van der Waals surface area (Å²) in [5.41, 5.74) is 5.69. The zero-order chi connectivity index (χ0) is 20.5. The standard InChI is InChI=1S/C24H29N5O/c1-28-10-12-29(13-11-28)23-14-17(8-9-25-23)16-26-24(30)18-6-7-22-20(15-18)19-4-2-3-5-21(19)27-22/h6-9,14-15,27H,2-5,10-13,16H2,1H3,(H,26,30). The molecule has 1 aliphatic heterocycles. The monoisotopic (exact) mass is 403 g/mol. The molecule has 2 aliphatic rings. The molecule has 3 aromatic rings. The highest BCUT2D eigenvalue weighted by Crippen LogP contribution is 2.29. The van der Waals surface area contributed by atoms with E-state index in [1.807, 2.05) is 30.5 Å². The average molecular weight is 404 g/mol. The maximum atomic E-state index is 12.8. The number of amides is 1. The van der Waals surface area contributed by atoms with Crippen LogP contribution in [0.5, 0.6) is 0 Å². The predicted molar refractivity (Wildman–Crippen MR) is 120 cm³/mol. The summed E-state index contributed by atoms with van der Waals surface area (Å²) < 4.78 is 0. The van der Waals surface area contributed by atoms with Crippen molar-refractivity contribution in [2.75, 3.05) is 38.1 Å². The smallest absolute Gasteiger partial charge is 0.251 e. The predicted octanol–water partition coefficient (Wildman–Crippen LogP) is 3.12. The quantitative estimate of drug-likeness (QED) is 0.703. The summed E-state index contributed by atoms with van der Waals surface area (Å²) in [4.78, 5) is 25.5. The van der Waals surface area contributed by atoms with Crippen LogP contribution in [0.2, 0.25) is 0 Å². The molecule has 5 rings (SSSR count). The molecule has 0 atom stereocenters. The number of fused-ring (bicyclic) bond motifs is 3. The van der Waals surface area contributed by atoms with Crippen LogP contribution in [0, 0.1) is 0 Å². The molecular formula is C24H29N5O. The van der Waals surface area contributed by atoms with Crippen molar-refractivity contribution in [2.24, 2.45) is 0 Å². The van der Waals surface area contributed by atoms with Gasteiger partial charge in [0.05, 0.1) is 0 Å². The molecule has 3 heterocycles. The Morgan fingerprint density at radius 3 is 2.80 bits per heavy atom. The molecule has 2 aromatic heterocycles. The minimum atomic E-state index is -0.0272. The summed E-state index contributed by atoms with van der Waals surface area (Å²) in [5, 5.41) is 4.29. The number of carbonyl (C=O) groups is 1. The molecule has 156 valence electrons. The van der Waals surface area contributed by atoms with E-state index in [-0.39, 0.29) is 5.91 Å². The minimum absolute atomic E-state index is 0.0272. The van der Waals surface area contributed by atoms with E-state index in [4.69, 9.17) is 0 Å². The van der Waals surface area contributed by atoms with Gasteiger partial charge in [-0.3, -0.25) is 4.79 Å². The van der Waals surface area contributed by atoms with Crippen LogP contribution in [-0.2, 0) is 19.4 Å². The Balaban J connectivity index is 1.27. The van der Waals surface area contributed by atoms with E-state index >= 15 is 0 Å². The number of rotatable bonds is 4. The molecule has 1 fully saturated rings. The maximum absolute atomic E-state index is 12.8. The Labute approximate surface area is 177 Å². The SMILES string of the molecule is CN1CCN(c2cc(CNC(=O)c3ccc4[nH]c5c(c4c3)CCCC5)ccn2)CC1. The molecule has 0 radical (unpaired) electrons. The third-order valence-electron chi connectivity index (χ3n) is 6.45. The molecule has 0 bridgehead atoms. The van der Waals surface area contributed by atoms with Crippen LogP contribution < -0.4 is 10.2 Å². The number of likely N-dealkylation sites (N-methyl/N-ethyl adjacent to an activating group) is 1. The number of hydrogen-bond donors (Lipinski definition) is 2. The first kappa shape index (κ1) is 19.1. The van der Waals surface area contributed by atoms with Gasteiger partial charge in [0.25, 0.3) is 5.91 Å². The van der Waals surface area contributed by atoms with Crippen molar-refractivity contribution in [2.45, 2.75) is 32.2 Å². The van der Waals surface area contributed by atoms with Gasteiger partial charge in [-0.05, 0) is 74.2 Å². The van der Waals surface area contributed by atoms with Crippen molar-refractivity contribution < 1.29 is 4.79 Å². The zero-order valence-corrected chi connectivity index (χ0v) is 17.6. The molecule has 6 nitrogen and oxygen atoms in total. The first-order valence-electron chi connectivity index (χ1n) is 11.0. The van der Waals surface area contributed by atoms with Gasteiger partial charge in [0.15, 0.2) is 0 Å². The number of aromatic nitrogens is 2. The number of anilines is 1. The van der Waals surface area contributed by atoms with Crippen LogP contribution >= 0.6 is 0 Å². The largest absolute Gasteiger partial charge is 0.358 e. The van der Waals surface area contributed by atoms with Crippen LogP contribution in [-0.4, -0.2) is 54.0 Å². The Morgan fingerprint density at radius 1 is 1.10 bits per heavy atom. The highest BCUT2D eigenvalue weighted by atomic mass is 16.1. The zero-order valence-electron chi connectivity index (χ0n) is 17.6. The molecule has 2 N–H and O–H groups in total. The summed E-state index contributed by atoms with van der Waals surface area (Å²) in [6.07, 6.45) is 6.53. The highest BCUT2D eigenvalue weighted by Gasteiger charge is 2.18. The molecule has 0 saturated carbocycles. The normalized spacial score (nSPS) is 17.2. The summed E-state index contributed by atoms with van der Waals surface area (Å²) in [7, 11) is 2.15. The Hall–Kier alpha value is -2.86. The van der Waals surface area contributed by atoms with E-state index in [1.54, 1.807) is 0 Å². The molecule has 0 spiro atoms. The number of aryl methyl sites for hydroxylation is 2. The van der Waals surface area contributed by atoms with Crippen LogP contribution in [0.3, 0.4) is 0 Å². The van der Waals surface area contributed by atoms with Crippen molar-refractivity contribution >= 4 is 22.6 Å². The Kier molecular flexibility index (Phi) is 5.17. The topological polar surface area (TPSA) is 64.3 Å². The highest BCUT2D eigenvalue weighted by molar-refractivity contribution is 5.99. The molecular weight excluding hydrogens is 374 g/mol. The van der Waals surface area contributed by atoms with Crippen molar-refractivity contribution in [1.82, 2.24) is 20.2 Å². The van der Waals surface area contributed by atoms with E-state index in [9.17, 15) is 4.79 Å². The Morgan fingerprint density at radius 2 is 1.93 bits per heavy atom.